The van der Waals surface area contributed by atoms with Gasteiger partial charge in [0.1, 0.15) is 0 Å². The first-order valence-electron chi connectivity index (χ1n) is 9.80. The summed E-state index contributed by atoms with van der Waals surface area (Å²) < 4.78 is 27.8. The molecular weight excluding hydrogens is 372 g/mol. The highest BCUT2D eigenvalue weighted by Crippen LogP contribution is 2.48. The number of fused-ring (bicyclic) bond motifs is 2. The lowest BCUT2D eigenvalue weighted by molar-refractivity contribution is -0.124. The maximum absolute atomic E-state index is 13.2. The average molecular weight is 399 g/mol. The van der Waals surface area contributed by atoms with Crippen LogP contribution in [-0.4, -0.2) is 38.3 Å². The lowest BCUT2D eigenvalue weighted by Crippen LogP contribution is -2.50. The third-order valence-corrected chi connectivity index (χ3v) is 8.27. The molecule has 6 heteroatoms. The molecule has 2 aliphatic heterocycles. The number of anilines is 1. The summed E-state index contributed by atoms with van der Waals surface area (Å²) in [5.74, 6) is 0.111. The van der Waals surface area contributed by atoms with Gasteiger partial charge >= 0.3 is 0 Å². The second-order valence-corrected chi connectivity index (χ2v) is 9.74. The quantitative estimate of drug-likeness (QED) is 0.796. The number of nitrogens with zero attached hydrogens (tertiary/aromatic N) is 2. The summed E-state index contributed by atoms with van der Waals surface area (Å²) in [6.07, 6.45) is 1.03. The largest absolute Gasteiger partial charge is 0.312 e. The molecule has 0 saturated carbocycles. The normalized spacial score (nSPS) is 19.2. The number of aryl methyl sites for hydroxylation is 2. The standard InChI is InChI=1S/C22H26N2O3S/c1-4-24-20-8-6-5-7-19(20)22(21(24)25)11-13-23(14-12-22)28(26,27)18-10-9-16(2)17(3)15-18/h5-10,15H,4,11-14H2,1-3H3. The number of piperidine rings is 1. The van der Waals surface area contributed by atoms with Gasteiger partial charge in [0.25, 0.3) is 0 Å². The van der Waals surface area contributed by atoms with E-state index in [-0.39, 0.29) is 5.91 Å². The molecule has 1 fully saturated rings. The number of amides is 1. The SMILES string of the molecule is CCN1C(=O)C2(CCN(S(=O)(=O)c3ccc(C)c(C)c3)CC2)c2ccccc21. The topological polar surface area (TPSA) is 57.7 Å². The number of likely N-dealkylation sites (N-methyl/N-ethyl adjacent to an activating group) is 1. The molecular formula is C22H26N2O3S. The van der Waals surface area contributed by atoms with Crippen LogP contribution in [0.5, 0.6) is 0 Å². The van der Waals surface area contributed by atoms with Crippen LogP contribution in [0.2, 0.25) is 0 Å². The number of hydrogen-bond donors (Lipinski definition) is 0. The molecule has 2 aromatic rings. The number of benzene rings is 2. The zero-order valence-electron chi connectivity index (χ0n) is 16.6. The van der Waals surface area contributed by atoms with E-state index >= 15 is 0 Å². The lowest BCUT2D eigenvalue weighted by Gasteiger charge is -2.37. The van der Waals surface area contributed by atoms with Crippen LogP contribution in [0.3, 0.4) is 0 Å². The van der Waals surface area contributed by atoms with Gasteiger partial charge in [0.05, 0.1) is 10.3 Å². The van der Waals surface area contributed by atoms with Crippen molar-refractivity contribution >= 4 is 21.6 Å². The van der Waals surface area contributed by atoms with E-state index in [1.807, 2.05) is 56.0 Å². The molecule has 1 saturated heterocycles. The van der Waals surface area contributed by atoms with Crippen LogP contribution >= 0.6 is 0 Å². The van der Waals surface area contributed by atoms with Gasteiger partial charge in [-0.25, -0.2) is 8.42 Å². The number of hydrogen-bond acceptors (Lipinski definition) is 3. The Balaban J connectivity index is 1.63. The molecule has 28 heavy (non-hydrogen) atoms. The predicted octanol–water partition coefficient (Wildman–Crippen LogP) is 3.39. The molecule has 0 atom stereocenters. The van der Waals surface area contributed by atoms with Crippen molar-refractivity contribution in [3.8, 4) is 0 Å². The summed E-state index contributed by atoms with van der Waals surface area (Å²) in [4.78, 5) is 15.4. The van der Waals surface area contributed by atoms with Gasteiger partial charge in [-0.05, 0) is 68.5 Å². The van der Waals surface area contributed by atoms with Crippen LogP contribution in [0.1, 0.15) is 36.5 Å². The van der Waals surface area contributed by atoms with E-state index in [2.05, 4.69) is 0 Å². The maximum atomic E-state index is 13.2. The molecule has 0 aromatic heterocycles. The number of rotatable bonds is 3. The van der Waals surface area contributed by atoms with Crippen molar-refractivity contribution in [1.82, 2.24) is 4.31 Å². The number of carbonyl (C=O) groups excluding carboxylic acids is 1. The smallest absolute Gasteiger partial charge is 0.243 e. The Kier molecular flexibility index (Phi) is 4.59. The van der Waals surface area contributed by atoms with Crippen molar-refractivity contribution in [3.63, 3.8) is 0 Å². The van der Waals surface area contributed by atoms with Crippen LogP contribution in [0.4, 0.5) is 5.69 Å². The Bertz CT molecular complexity index is 1040. The zero-order valence-corrected chi connectivity index (χ0v) is 17.4. The van der Waals surface area contributed by atoms with Gasteiger partial charge in [-0.3, -0.25) is 4.79 Å². The Hall–Kier alpha value is -2.18. The van der Waals surface area contributed by atoms with E-state index in [1.54, 1.807) is 12.1 Å². The molecule has 2 aliphatic rings. The van der Waals surface area contributed by atoms with Crippen LogP contribution in [0.15, 0.2) is 47.4 Å². The van der Waals surface area contributed by atoms with Gasteiger partial charge in [-0.1, -0.05) is 24.3 Å². The van der Waals surface area contributed by atoms with E-state index in [1.165, 1.54) is 4.31 Å². The first-order chi connectivity index (χ1) is 13.3. The van der Waals surface area contributed by atoms with E-state index in [9.17, 15) is 13.2 Å². The van der Waals surface area contributed by atoms with Crippen LogP contribution < -0.4 is 4.90 Å². The fourth-order valence-electron chi connectivity index (χ4n) is 4.53. The Morgan fingerprint density at radius 3 is 2.32 bits per heavy atom. The molecule has 1 spiro atoms. The number of para-hydroxylation sites is 1. The molecule has 2 heterocycles. The van der Waals surface area contributed by atoms with Gasteiger partial charge in [0.15, 0.2) is 0 Å². The van der Waals surface area contributed by atoms with Gasteiger partial charge in [-0.2, -0.15) is 4.31 Å². The molecule has 0 aliphatic carbocycles. The van der Waals surface area contributed by atoms with E-state index in [0.29, 0.717) is 37.4 Å². The fourth-order valence-corrected chi connectivity index (χ4v) is 6.05. The van der Waals surface area contributed by atoms with Crippen LogP contribution in [0, 0.1) is 13.8 Å². The number of carbonyl (C=O) groups is 1. The Morgan fingerprint density at radius 2 is 1.68 bits per heavy atom. The number of sulfonamides is 1. The van der Waals surface area contributed by atoms with Crippen LogP contribution in [0.25, 0.3) is 0 Å². The van der Waals surface area contributed by atoms with Crippen molar-refractivity contribution < 1.29 is 13.2 Å². The first-order valence-corrected chi connectivity index (χ1v) is 11.2. The van der Waals surface area contributed by atoms with Gasteiger partial charge in [0, 0.05) is 25.3 Å². The fraction of sp³-hybridized carbons (Fsp3) is 0.409. The van der Waals surface area contributed by atoms with E-state index in [0.717, 1.165) is 22.4 Å². The van der Waals surface area contributed by atoms with Crippen molar-refractivity contribution in [2.24, 2.45) is 0 Å². The average Bonchev–Trinajstić information content (AvgIpc) is 2.92. The third kappa shape index (κ3) is 2.70. The molecule has 1 amide bonds. The summed E-state index contributed by atoms with van der Waals surface area (Å²) in [6.45, 7) is 7.21. The molecule has 2 aromatic carbocycles. The van der Waals surface area contributed by atoms with Gasteiger partial charge in [0.2, 0.25) is 15.9 Å². The highest BCUT2D eigenvalue weighted by molar-refractivity contribution is 7.89. The molecule has 0 bridgehead atoms. The first kappa shape index (κ1) is 19.2. The zero-order chi connectivity index (χ0) is 20.1. The van der Waals surface area contributed by atoms with E-state index < -0.39 is 15.4 Å². The van der Waals surface area contributed by atoms with Gasteiger partial charge in [-0.15, -0.1) is 0 Å². The Morgan fingerprint density at radius 1 is 1.00 bits per heavy atom. The monoisotopic (exact) mass is 398 g/mol. The minimum Gasteiger partial charge on any atom is -0.312 e. The third-order valence-electron chi connectivity index (χ3n) is 6.37. The van der Waals surface area contributed by atoms with Crippen molar-refractivity contribution in [3.05, 3.63) is 59.2 Å². The highest BCUT2D eigenvalue weighted by atomic mass is 32.2. The molecule has 0 N–H and O–H groups in total. The summed E-state index contributed by atoms with van der Waals surface area (Å²) >= 11 is 0. The summed E-state index contributed by atoms with van der Waals surface area (Å²) in [6, 6.07) is 13.2. The summed E-state index contributed by atoms with van der Waals surface area (Å²) in [5.41, 5.74) is 3.46. The molecule has 4 rings (SSSR count). The second kappa shape index (κ2) is 6.71. The summed E-state index contributed by atoms with van der Waals surface area (Å²) in [7, 11) is -3.55. The van der Waals surface area contributed by atoms with Crippen LogP contribution in [-0.2, 0) is 20.2 Å². The summed E-state index contributed by atoms with van der Waals surface area (Å²) in [5, 5.41) is 0. The predicted molar refractivity (Wildman–Crippen MR) is 110 cm³/mol. The minimum atomic E-state index is -3.55. The molecule has 0 unspecified atom stereocenters. The van der Waals surface area contributed by atoms with Crippen molar-refractivity contribution in [2.45, 2.75) is 43.9 Å². The minimum absolute atomic E-state index is 0.111. The molecule has 0 radical (unpaired) electrons. The second-order valence-electron chi connectivity index (χ2n) is 7.80. The van der Waals surface area contributed by atoms with E-state index in [4.69, 9.17) is 0 Å². The van der Waals surface area contributed by atoms with Crippen molar-refractivity contribution in [1.29, 1.82) is 0 Å². The molecule has 5 nitrogen and oxygen atoms in total. The highest BCUT2D eigenvalue weighted by Gasteiger charge is 2.52. The maximum Gasteiger partial charge on any atom is 0.243 e. The van der Waals surface area contributed by atoms with Gasteiger partial charge < -0.3 is 4.90 Å². The lowest BCUT2D eigenvalue weighted by atomic mass is 9.74. The van der Waals surface area contributed by atoms with Crippen molar-refractivity contribution in [2.75, 3.05) is 24.5 Å². The molecule has 148 valence electrons. The Labute approximate surface area is 167 Å².